The highest BCUT2D eigenvalue weighted by Crippen LogP contribution is 2.37. The first-order valence-corrected chi connectivity index (χ1v) is 7.03. The number of ether oxygens (including phenoxy) is 1. The molecule has 0 aliphatic heterocycles. The van der Waals surface area contributed by atoms with Gasteiger partial charge < -0.3 is 15.4 Å². The van der Waals surface area contributed by atoms with E-state index in [1.807, 2.05) is 0 Å². The van der Waals surface area contributed by atoms with E-state index in [4.69, 9.17) is 10.5 Å². The third kappa shape index (κ3) is 3.23. The Bertz CT molecular complexity index is 283. The van der Waals surface area contributed by atoms with Crippen LogP contribution < -0.4 is 5.73 Å². The van der Waals surface area contributed by atoms with E-state index < -0.39 is 5.54 Å². The highest BCUT2D eigenvalue weighted by Gasteiger charge is 2.46. The monoisotopic (exact) mass is 256 g/mol. The van der Waals surface area contributed by atoms with Crippen molar-refractivity contribution in [3.8, 4) is 0 Å². The van der Waals surface area contributed by atoms with Crippen molar-refractivity contribution in [3.63, 3.8) is 0 Å². The van der Waals surface area contributed by atoms with E-state index >= 15 is 0 Å². The third-order valence-electron chi connectivity index (χ3n) is 4.61. The lowest BCUT2D eigenvalue weighted by Gasteiger charge is -2.31. The molecule has 0 bridgehead atoms. The molecule has 1 aliphatic rings. The van der Waals surface area contributed by atoms with Crippen LogP contribution >= 0.6 is 0 Å². The summed E-state index contributed by atoms with van der Waals surface area (Å²) in [6.45, 7) is 5.42. The van der Waals surface area contributed by atoms with E-state index in [1.165, 1.54) is 7.11 Å². The topological polar surface area (TPSA) is 55.6 Å². The number of carbonyl (C=O) groups excluding carboxylic acids is 1. The average Bonchev–Trinajstić information content (AvgIpc) is 2.76. The van der Waals surface area contributed by atoms with Gasteiger partial charge in [0.1, 0.15) is 5.54 Å². The Morgan fingerprint density at radius 3 is 2.83 bits per heavy atom. The van der Waals surface area contributed by atoms with Crippen LogP contribution in [0.1, 0.15) is 46.0 Å². The van der Waals surface area contributed by atoms with Crippen molar-refractivity contribution in [2.24, 2.45) is 11.7 Å². The molecule has 0 amide bonds. The van der Waals surface area contributed by atoms with Gasteiger partial charge in [0.15, 0.2) is 0 Å². The molecule has 3 unspecified atom stereocenters. The van der Waals surface area contributed by atoms with Crippen LogP contribution in [0, 0.1) is 5.92 Å². The third-order valence-corrected chi connectivity index (χ3v) is 4.61. The number of nitrogens with two attached hydrogens (primary N) is 1. The maximum Gasteiger partial charge on any atom is 0.326 e. The fraction of sp³-hybridized carbons (Fsp3) is 0.929. The minimum absolute atomic E-state index is 0.240. The number of hydrogen-bond donors (Lipinski definition) is 1. The molecule has 1 saturated carbocycles. The van der Waals surface area contributed by atoms with Gasteiger partial charge in [-0.15, -0.1) is 0 Å². The summed E-state index contributed by atoms with van der Waals surface area (Å²) in [4.78, 5) is 14.2. The molecule has 1 rings (SSSR count). The number of methoxy groups -OCH3 is 1. The normalized spacial score (nSPS) is 29.6. The molecule has 0 heterocycles. The van der Waals surface area contributed by atoms with Gasteiger partial charge in [0.25, 0.3) is 0 Å². The van der Waals surface area contributed by atoms with E-state index in [1.54, 1.807) is 0 Å². The summed E-state index contributed by atoms with van der Waals surface area (Å²) in [7, 11) is 3.57. The molecular weight excluding hydrogens is 228 g/mol. The molecule has 1 fully saturated rings. The average molecular weight is 256 g/mol. The lowest BCUT2D eigenvalue weighted by molar-refractivity contribution is -0.148. The zero-order chi connectivity index (χ0) is 13.8. The van der Waals surface area contributed by atoms with Crippen molar-refractivity contribution in [2.45, 2.75) is 57.5 Å². The predicted octanol–water partition coefficient (Wildman–Crippen LogP) is 1.78. The van der Waals surface area contributed by atoms with Gasteiger partial charge in [-0.05, 0) is 52.1 Å². The number of carbonyl (C=O) groups is 1. The van der Waals surface area contributed by atoms with Crippen LogP contribution in [0.25, 0.3) is 0 Å². The van der Waals surface area contributed by atoms with Crippen molar-refractivity contribution < 1.29 is 9.53 Å². The van der Waals surface area contributed by atoms with Crippen molar-refractivity contribution in [1.82, 2.24) is 4.90 Å². The Kier molecular flexibility index (Phi) is 5.60. The van der Waals surface area contributed by atoms with Gasteiger partial charge >= 0.3 is 5.97 Å². The number of rotatable bonds is 6. The van der Waals surface area contributed by atoms with Crippen molar-refractivity contribution in [3.05, 3.63) is 0 Å². The first-order chi connectivity index (χ1) is 8.45. The van der Waals surface area contributed by atoms with Crippen molar-refractivity contribution in [1.29, 1.82) is 0 Å². The molecular formula is C14H28N2O2. The smallest absolute Gasteiger partial charge is 0.326 e. The van der Waals surface area contributed by atoms with Gasteiger partial charge in [-0.1, -0.05) is 13.3 Å². The van der Waals surface area contributed by atoms with E-state index in [9.17, 15) is 4.79 Å². The van der Waals surface area contributed by atoms with Gasteiger partial charge in [0, 0.05) is 6.04 Å². The summed E-state index contributed by atoms with van der Waals surface area (Å²) in [5.41, 5.74) is 5.51. The second kappa shape index (κ2) is 6.53. The van der Waals surface area contributed by atoms with E-state index in [0.717, 1.165) is 38.6 Å². The number of nitrogens with zero attached hydrogens (tertiary/aromatic N) is 1. The minimum atomic E-state index is -0.745. The molecule has 4 nitrogen and oxygen atoms in total. The lowest BCUT2D eigenvalue weighted by Crippen LogP contribution is -2.52. The van der Waals surface area contributed by atoms with Gasteiger partial charge in [-0.2, -0.15) is 0 Å². The zero-order valence-corrected chi connectivity index (χ0v) is 12.2. The van der Waals surface area contributed by atoms with E-state index in [2.05, 4.69) is 25.8 Å². The largest absolute Gasteiger partial charge is 0.468 e. The highest BCUT2D eigenvalue weighted by molar-refractivity contribution is 5.81. The first-order valence-electron chi connectivity index (χ1n) is 7.03. The predicted molar refractivity (Wildman–Crippen MR) is 73.3 cm³/mol. The van der Waals surface area contributed by atoms with Crippen LogP contribution in [-0.4, -0.2) is 43.2 Å². The van der Waals surface area contributed by atoms with Crippen molar-refractivity contribution >= 4 is 5.97 Å². The van der Waals surface area contributed by atoms with E-state index in [0.29, 0.717) is 6.04 Å². The summed E-state index contributed by atoms with van der Waals surface area (Å²) in [6.07, 6.45) is 4.96. The molecule has 2 N–H and O–H groups in total. The van der Waals surface area contributed by atoms with Crippen molar-refractivity contribution in [2.75, 3.05) is 20.7 Å². The van der Waals surface area contributed by atoms with Crippen LogP contribution in [0.2, 0.25) is 0 Å². The molecule has 0 saturated heterocycles. The number of esters is 1. The molecule has 1 aliphatic carbocycles. The van der Waals surface area contributed by atoms with Crippen LogP contribution in [0.4, 0.5) is 0 Å². The fourth-order valence-electron chi connectivity index (χ4n) is 2.85. The molecule has 106 valence electrons. The second-order valence-corrected chi connectivity index (χ2v) is 5.65. The van der Waals surface area contributed by atoms with E-state index in [-0.39, 0.29) is 11.9 Å². The molecule has 0 aromatic carbocycles. The standard InChI is InChI=1S/C14H28N2O2/c1-5-11(2)16(3)10-8-12-7-6-9-14(12,15)13(17)18-4/h11-12H,5-10,15H2,1-4H3. The summed E-state index contributed by atoms with van der Waals surface area (Å²) in [5, 5.41) is 0. The van der Waals surface area contributed by atoms with Gasteiger partial charge in [0.05, 0.1) is 7.11 Å². The summed E-state index contributed by atoms with van der Waals surface area (Å²) >= 11 is 0. The Morgan fingerprint density at radius 1 is 1.61 bits per heavy atom. The lowest BCUT2D eigenvalue weighted by atomic mass is 9.85. The minimum Gasteiger partial charge on any atom is -0.468 e. The first kappa shape index (κ1) is 15.4. The maximum absolute atomic E-state index is 11.8. The molecule has 0 radical (unpaired) electrons. The Balaban J connectivity index is 2.53. The van der Waals surface area contributed by atoms with Crippen LogP contribution in [0.5, 0.6) is 0 Å². The quantitative estimate of drug-likeness (QED) is 0.736. The molecule has 0 aromatic heterocycles. The highest BCUT2D eigenvalue weighted by atomic mass is 16.5. The SMILES string of the molecule is CCC(C)N(C)CCC1CCCC1(N)C(=O)OC. The molecule has 0 spiro atoms. The summed E-state index contributed by atoms with van der Waals surface area (Å²) < 4.78 is 4.87. The second-order valence-electron chi connectivity index (χ2n) is 5.65. The maximum atomic E-state index is 11.8. The van der Waals surface area contributed by atoms with Gasteiger partial charge in [0.2, 0.25) is 0 Å². The Labute approximate surface area is 111 Å². The molecule has 0 aromatic rings. The fourth-order valence-corrected chi connectivity index (χ4v) is 2.85. The molecule has 4 heteroatoms. The molecule has 3 atom stereocenters. The van der Waals surface area contributed by atoms with Gasteiger partial charge in [-0.3, -0.25) is 4.79 Å². The number of hydrogen-bond acceptors (Lipinski definition) is 4. The van der Waals surface area contributed by atoms with Gasteiger partial charge in [-0.25, -0.2) is 0 Å². The van der Waals surface area contributed by atoms with Crippen LogP contribution in [0.15, 0.2) is 0 Å². The Morgan fingerprint density at radius 2 is 2.28 bits per heavy atom. The van der Waals surface area contributed by atoms with Crippen LogP contribution in [-0.2, 0) is 9.53 Å². The van der Waals surface area contributed by atoms with Crippen LogP contribution in [0.3, 0.4) is 0 Å². The summed E-state index contributed by atoms with van der Waals surface area (Å²) in [6, 6.07) is 0.580. The summed E-state index contributed by atoms with van der Waals surface area (Å²) in [5.74, 6) is 0.0210. The zero-order valence-electron chi connectivity index (χ0n) is 12.2. The molecule has 18 heavy (non-hydrogen) atoms. The Hall–Kier alpha value is -0.610.